The molecule has 0 fully saturated rings. The molecular weight excluding hydrogens is 214 g/mol. The second-order valence-corrected chi connectivity index (χ2v) is 4.20. The van der Waals surface area contributed by atoms with E-state index in [4.69, 9.17) is 5.11 Å². The number of rotatable bonds is 6. The van der Waals surface area contributed by atoms with Crippen molar-refractivity contribution in [2.24, 2.45) is 0 Å². The van der Waals surface area contributed by atoms with Gasteiger partial charge in [-0.2, -0.15) is 0 Å². The fraction of sp³-hybridized carbons (Fsp3) is 0.462. The zero-order chi connectivity index (χ0) is 12.1. The van der Waals surface area contributed by atoms with Crippen LogP contribution in [0.3, 0.4) is 0 Å². The standard InChI is InChI=1S/C13H19N3O/c1-2-6-15(8-9-17)10-12-11-16-7-4-3-5-13(16)14-12/h3-5,7,11,17H,2,6,8-10H2,1H3. The molecule has 0 aliphatic rings. The number of pyridine rings is 1. The minimum absolute atomic E-state index is 0.202. The fourth-order valence-electron chi connectivity index (χ4n) is 2.02. The Morgan fingerprint density at radius 2 is 2.24 bits per heavy atom. The van der Waals surface area contributed by atoms with Crippen LogP contribution in [0.1, 0.15) is 19.0 Å². The summed E-state index contributed by atoms with van der Waals surface area (Å²) >= 11 is 0. The average Bonchev–Trinajstić information content (AvgIpc) is 2.71. The van der Waals surface area contributed by atoms with E-state index in [1.54, 1.807) is 0 Å². The molecule has 2 heterocycles. The summed E-state index contributed by atoms with van der Waals surface area (Å²) < 4.78 is 2.03. The minimum Gasteiger partial charge on any atom is -0.395 e. The van der Waals surface area contributed by atoms with Crippen LogP contribution in [-0.2, 0) is 6.54 Å². The molecular formula is C13H19N3O. The molecule has 0 aliphatic heterocycles. The van der Waals surface area contributed by atoms with Gasteiger partial charge in [0.15, 0.2) is 0 Å². The molecule has 2 rings (SSSR count). The number of aromatic nitrogens is 2. The molecule has 92 valence electrons. The van der Waals surface area contributed by atoms with Crippen molar-refractivity contribution in [3.63, 3.8) is 0 Å². The minimum atomic E-state index is 0.202. The summed E-state index contributed by atoms with van der Waals surface area (Å²) in [6.07, 6.45) is 5.14. The number of hydrogen-bond donors (Lipinski definition) is 1. The first-order valence-corrected chi connectivity index (χ1v) is 6.09. The van der Waals surface area contributed by atoms with E-state index in [2.05, 4.69) is 23.0 Å². The van der Waals surface area contributed by atoms with Crippen LogP contribution in [0, 0.1) is 0 Å². The van der Waals surface area contributed by atoms with Crippen molar-refractivity contribution in [1.82, 2.24) is 14.3 Å². The highest BCUT2D eigenvalue weighted by Gasteiger charge is 2.07. The highest BCUT2D eigenvalue weighted by molar-refractivity contribution is 5.39. The molecule has 0 saturated carbocycles. The Balaban J connectivity index is 2.10. The third kappa shape index (κ3) is 3.05. The Morgan fingerprint density at radius 1 is 1.35 bits per heavy atom. The number of fused-ring (bicyclic) bond motifs is 1. The highest BCUT2D eigenvalue weighted by atomic mass is 16.3. The quantitative estimate of drug-likeness (QED) is 0.822. The molecule has 1 N–H and O–H groups in total. The summed E-state index contributed by atoms with van der Waals surface area (Å²) in [5.74, 6) is 0. The summed E-state index contributed by atoms with van der Waals surface area (Å²) in [7, 11) is 0. The van der Waals surface area contributed by atoms with Gasteiger partial charge in [-0.3, -0.25) is 4.90 Å². The van der Waals surface area contributed by atoms with Gasteiger partial charge in [0, 0.05) is 25.5 Å². The SMILES string of the molecule is CCCN(CCO)Cc1cn2ccccc2n1. The maximum Gasteiger partial charge on any atom is 0.137 e. The van der Waals surface area contributed by atoms with E-state index >= 15 is 0 Å². The molecule has 0 radical (unpaired) electrons. The first-order chi connectivity index (χ1) is 8.33. The topological polar surface area (TPSA) is 40.8 Å². The van der Waals surface area contributed by atoms with Crippen molar-refractivity contribution in [1.29, 1.82) is 0 Å². The number of nitrogens with zero attached hydrogens (tertiary/aromatic N) is 3. The van der Waals surface area contributed by atoms with E-state index in [9.17, 15) is 0 Å². The fourth-order valence-corrected chi connectivity index (χ4v) is 2.02. The number of aliphatic hydroxyl groups is 1. The second-order valence-electron chi connectivity index (χ2n) is 4.20. The summed E-state index contributed by atoms with van der Waals surface area (Å²) in [5, 5.41) is 9.01. The number of hydrogen-bond acceptors (Lipinski definition) is 3. The maximum atomic E-state index is 9.01. The van der Waals surface area contributed by atoms with Gasteiger partial charge in [-0.1, -0.05) is 13.0 Å². The van der Waals surface area contributed by atoms with E-state index < -0.39 is 0 Å². The normalized spacial score (nSPS) is 11.5. The molecule has 2 aromatic rings. The van der Waals surface area contributed by atoms with Gasteiger partial charge in [0.25, 0.3) is 0 Å². The lowest BCUT2D eigenvalue weighted by Gasteiger charge is -2.18. The van der Waals surface area contributed by atoms with Crippen LogP contribution >= 0.6 is 0 Å². The third-order valence-corrected chi connectivity index (χ3v) is 2.76. The van der Waals surface area contributed by atoms with Gasteiger partial charge in [-0.05, 0) is 25.1 Å². The first kappa shape index (κ1) is 12.1. The van der Waals surface area contributed by atoms with Gasteiger partial charge in [-0.15, -0.1) is 0 Å². The largest absolute Gasteiger partial charge is 0.395 e. The van der Waals surface area contributed by atoms with Crippen LogP contribution in [0.5, 0.6) is 0 Å². The Hall–Kier alpha value is -1.39. The predicted octanol–water partition coefficient (Wildman–Crippen LogP) is 1.54. The van der Waals surface area contributed by atoms with Crippen LogP contribution < -0.4 is 0 Å². The van der Waals surface area contributed by atoms with Crippen molar-refractivity contribution >= 4 is 5.65 Å². The van der Waals surface area contributed by atoms with Gasteiger partial charge >= 0.3 is 0 Å². The van der Waals surface area contributed by atoms with Gasteiger partial charge in [0.1, 0.15) is 5.65 Å². The smallest absolute Gasteiger partial charge is 0.137 e. The van der Waals surface area contributed by atoms with Crippen LogP contribution in [0.25, 0.3) is 5.65 Å². The van der Waals surface area contributed by atoms with Crippen molar-refractivity contribution < 1.29 is 5.11 Å². The van der Waals surface area contributed by atoms with E-state index in [1.807, 2.05) is 28.8 Å². The Kier molecular flexibility index (Phi) is 4.12. The van der Waals surface area contributed by atoms with E-state index in [0.29, 0.717) is 6.54 Å². The zero-order valence-electron chi connectivity index (χ0n) is 10.2. The summed E-state index contributed by atoms with van der Waals surface area (Å²) in [6, 6.07) is 5.99. The molecule has 0 aliphatic carbocycles. The molecule has 0 saturated heterocycles. The van der Waals surface area contributed by atoms with Gasteiger partial charge in [0.05, 0.1) is 12.3 Å². The monoisotopic (exact) mass is 233 g/mol. The van der Waals surface area contributed by atoms with Gasteiger partial charge in [0.2, 0.25) is 0 Å². The molecule has 2 aromatic heterocycles. The molecule has 0 unspecified atom stereocenters. The van der Waals surface area contributed by atoms with Crippen LogP contribution in [0.4, 0.5) is 0 Å². The van der Waals surface area contributed by atoms with Crippen molar-refractivity contribution in [3.8, 4) is 0 Å². The molecule has 0 bridgehead atoms. The molecule has 4 nitrogen and oxygen atoms in total. The Labute approximate surface area is 102 Å². The van der Waals surface area contributed by atoms with Crippen LogP contribution in [0.2, 0.25) is 0 Å². The molecule has 0 atom stereocenters. The third-order valence-electron chi connectivity index (χ3n) is 2.76. The Morgan fingerprint density at radius 3 is 2.94 bits per heavy atom. The Bertz CT molecular complexity index is 427. The van der Waals surface area contributed by atoms with Crippen molar-refractivity contribution in [3.05, 3.63) is 36.3 Å². The number of aliphatic hydroxyl groups excluding tert-OH is 1. The average molecular weight is 233 g/mol. The molecule has 0 spiro atoms. The first-order valence-electron chi connectivity index (χ1n) is 6.09. The van der Waals surface area contributed by atoms with Crippen molar-refractivity contribution in [2.45, 2.75) is 19.9 Å². The van der Waals surface area contributed by atoms with Gasteiger partial charge < -0.3 is 9.51 Å². The summed E-state index contributed by atoms with van der Waals surface area (Å²) in [4.78, 5) is 6.78. The van der Waals surface area contributed by atoms with Crippen LogP contribution in [-0.4, -0.2) is 39.1 Å². The van der Waals surface area contributed by atoms with E-state index in [0.717, 1.165) is 30.9 Å². The highest BCUT2D eigenvalue weighted by Crippen LogP contribution is 2.07. The molecule has 0 aromatic carbocycles. The lowest BCUT2D eigenvalue weighted by Crippen LogP contribution is -2.27. The molecule has 0 amide bonds. The maximum absolute atomic E-state index is 9.01. The van der Waals surface area contributed by atoms with Crippen molar-refractivity contribution in [2.75, 3.05) is 19.7 Å². The van der Waals surface area contributed by atoms with Gasteiger partial charge in [-0.25, -0.2) is 4.98 Å². The van der Waals surface area contributed by atoms with E-state index in [-0.39, 0.29) is 6.61 Å². The second kappa shape index (κ2) is 5.80. The zero-order valence-corrected chi connectivity index (χ0v) is 10.2. The number of imidazole rings is 1. The lowest BCUT2D eigenvalue weighted by atomic mass is 10.3. The van der Waals surface area contributed by atoms with Crippen LogP contribution in [0.15, 0.2) is 30.6 Å². The van der Waals surface area contributed by atoms with E-state index in [1.165, 1.54) is 0 Å². The molecule has 4 heteroatoms. The lowest BCUT2D eigenvalue weighted by molar-refractivity contribution is 0.189. The predicted molar refractivity (Wildman–Crippen MR) is 67.8 cm³/mol. The summed E-state index contributed by atoms with van der Waals surface area (Å²) in [5.41, 5.74) is 2.03. The molecule has 17 heavy (non-hydrogen) atoms. The summed E-state index contributed by atoms with van der Waals surface area (Å²) in [6.45, 7) is 4.85.